The molecule has 22 heavy (non-hydrogen) atoms. The van der Waals surface area contributed by atoms with Gasteiger partial charge in [0.15, 0.2) is 0 Å². The molecule has 0 fully saturated rings. The summed E-state index contributed by atoms with van der Waals surface area (Å²) in [4.78, 5) is 2.24. The van der Waals surface area contributed by atoms with Gasteiger partial charge in [-0.05, 0) is 31.0 Å². The van der Waals surface area contributed by atoms with E-state index in [0.29, 0.717) is 26.2 Å². The second kappa shape index (κ2) is 11.4. The highest BCUT2D eigenvalue weighted by Crippen LogP contribution is 2.20. The predicted molar refractivity (Wildman–Crippen MR) is 87.4 cm³/mol. The first-order valence-corrected chi connectivity index (χ1v) is 7.82. The number of ether oxygens (including phenoxy) is 3. The lowest BCUT2D eigenvalue weighted by molar-refractivity contribution is 0.0945. The summed E-state index contributed by atoms with van der Waals surface area (Å²) in [7, 11) is 3.40. The Morgan fingerprint density at radius 1 is 1.00 bits per heavy atom. The monoisotopic (exact) mass is 311 g/mol. The highest BCUT2D eigenvalue weighted by Gasteiger charge is 2.11. The van der Waals surface area contributed by atoms with Gasteiger partial charge in [0.1, 0.15) is 5.75 Å². The average Bonchev–Trinajstić information content (AvgIpc) is 2.55. The molecule has 0 aliphatic carbocycles. The van der Waals surface area contributed by atoms with E-state index < -0.39 is 6.10 Å². The Labute approximate surface area is 133 Å². The van der Waals surface area contributed by atoms with Gasteiger partial charge in [0.05, 0.1) is 25.9 Å². The fourth-order valence-corrected chi connectivity index (χ4v) is 2.20. The van der Waals surface area contributed by atoms with Gasteiger partial charge in [0.2, 0.25) is 0 Å². The van der Waals surface area contributed by atoms with E-state index in [1.165, 1.54) is 0 Å². The van der Waals surface area contributed by atoms with Crippen molar-refractivity contribution in [1.82, 2.24) is 4.90 Å². The highest BCUT2D eigenvalue weighted by atomic mass is 16.5. The van der Waals surface area contributed by atoms with E-state index in [0.717, 1.165) is 30.9 Å². The molecule has 1 atom stereocenters. The highest BCUT2D eigenvalue weighted by molar-refractivity contribution is 5.28. The number of hydrogen-bond donors (Lipinski definition) is 1. The third-order valence-electron chi connectivity index (χ3n) is 3.52. The van der Waals surface area contributed by atoms with Crippen LogP contribution in [0.25, 0.3) is 0 Å². The van der Waals surface area contributed by atoms with Crippen LogP contribution >= 0.6 is 0 Å². The van der Waals surface area contributed by atoms with Crippen molar-refractivity contribution in [3.8, 4) is 5.75 Å². The molecule has 5 nitrogen and oxygen atoms in total. The van der Waals surface area contributed by atoms with E-state index in [1.807, 2.05) is 31.2 Å². The van der Waals surface area contributed by atoms with Crippen LogP contribution in [0.4, 0.5) is 0 Å². The van der Waals surface area contributed by atoms with Crippen LogP contribution < -0.4 is 4.74 Å². The number of nitrogens with zero attached hydrogens (tertiary/aromatic N) is 1. The van der Waals surface area contributed by atoms with Crippen LogP contribution in [0.15, 0.2) is 24.3 Å². The number of hydrogen-bond acceptors (Lipinski definition) is 5. The Hall–Kier alpha value is -1.14. The summed E-state index contributed by atoms with van der Waals surface area (Å²) < 4.78 is 15.7. The number of benzene rings is 1. The van der Waals surface area contributed by atoms with Crippen molar-refractivity contribution in [2.75, 3.05) is 53.7 Å². The Kier molecular flexibility index (Phi) is 9.82. The quantitative estimate of drug-likeness (QED) is 0.641. The topological polar surface area (TPSA) is 51.2 Å². The zero-order valence-electron chi connectivity index (χ0n) is 14.0. The van der Waals surface area contributed by atoms with Crippen LogP contribution in [0.3, 0.4) is 0 Å². The third-order valence-corrected chi connectivity index (χ3v) is 3.52. The number of aliphatic hydroxyl groups is 1. The zero-order valence-corrected chi connectivity index (χ0v) is 14.0. The Balaban J connectivity index is 2.45. The number of methoxy groups -OCH3 is 2. The van der Waals surface area contributed by atoms with Crippen molar-refractivity contribution < 1.29 is 19.3 Å². The molecule has 0 radical (unpaired) electrons. The first kappa shape index (κ1) is 18.9. The van der Waals surface area contributed by atoms with Gasteiger partial charge in [-0.15, -0.1) is 0 Å². The minimum atomic E-state index is -0.469. The van der Waals surface area contributed by atoms with Gasteiger partial charge < -0.3 is 19.3 Å². The van der Waals surface area contributed by atoms with E-state index >= 15 is 0 Å². The zero-order chi connectivity index (χ0) is 16.2. The summed E-state index contributed by atoms with van der Waals surface area (Å²) >= 11 is 0. The summed E-state index contributed by atoms with van der Waals surface area (Å²) in [5.41, 5.74) is 0.918. The predicted octanol–water partition coefficient (Wildman–Crippen LogP) is 2.10. The minimum Gasteiger partial charge on any atom is -0.494 e. The molecule has 0 saturated carbocycles. The second-order valence-electron chi connectivity index (χ2n) is 5.13. The van der Waals surface area contributed by atoms with Crippen LogP contribution in [0, 0.1) is 0 Å². The molecule has 0 spiro atoms. The molecule has 0 aliphatic rings. The molecule has 1 rings (SSSR count). The molecule has 126 valence electrons. The van der Waals surface area contributed by atoms with Crippen LogP contribution in [0.1, 0.15) is 25.0 Å². The average molecular weight is 311 g/mol. The summed E-state index contributed by atoms with van der Waals surface area (Å²) in [6, 6.07) is 7.64. The largest absolute Gasteiger partial charge is 0.494 e. The van der Waals surface area contributed by atoms with Gasteiger partial charge >= 0.3 is 0 Å². The van der Waals surface area contributed by atoms with Gasteiger partial charge in [-0.25, -0.2) is 0 Å². The fourth-order valence-electron chi connectivity index (χ4n) is 2.20. The molecule has 0 heterocycles. The van der Waals surface area contributed by atoms with Crippen molar-refractivity contribution in [2.24, 2.45) is 0 Å². The third kappa shape index (κ3) is 7.22. The first-order valence-electron chi connectivity index (χ1n) is 7.82. The molecule has 0 amide bonds. The summed E-state index contributed by atoms with van der Waals surface area (Å²) in [5, 5.41) is 10.3. The molecule has 1 aromatic carbocycles. The fraction of sp³-hybridized carbons (Fsp3) is 0.647. The molecular weight excluding hydrogens is 282 g/mol. The maximum absolute atomic E-state index is 10.3. The van der Waals surface area contributed by atoms with Crippen LogP contribution in [-0.4, -0.2) is 63.7 Å². The summed E-state index contributed by atoms with van der Waals surface area (Å²) in [5.74, 6) is 0.834. The molecular formula is C17H29NO4. The van der Waals surface area contributed by atoms with Crippen LogP contribution in [0.2, 0.25) is 0 Å². The molecule has 0 aromatic heterocycles. The normalized spacial score (nSPS) is 12.6. The van der Waals surface area contributed by atoms with Gasteiger partial charge in [-0.1, -0.05) is 12.1 Å². The number of rotatable bonds is 12. The van der Waals surface area contributed by atoms with Crippen LogP contribution in [-0.2, 0) is 9.47 Å². The van der Waals surface area contributed by atoms with E-state index in [1.54, 1.807) is 14.2 Å². The first-order chi connectivity index (χ1) is 10.7. The lowest BCUT2D eigenvalue weighted by Crippen LogP contribution is -2.32. The SMILES string of the molecule is CCOc1ccc(C(O)CCN(CCOC)CCOC)cc1. The Morgan fingerprint density at radius 3 is 2.09 bits per heavy atom. The molecule has 0 saturated heterocycles. The maximum Gasteiger partial charge on any atom is 0.119 e. The van der Waals surface area contributed by atoms with Crippen LogP contribution in [0.5, 0.6) is 5.75 Å². The molecule has 1 N–H and O–H groups in total. The van der Waals surface area contributed by atoms with Gasteiger partial charge in [-0.2, -0.15) is 0 Å². The molecule has 0 aliphatic heterocycles. The van der Waals surface area contributed by atoms with Crippen molar-refractivity contribution in [3.63, 3.8) is 0 Å². The van der Waals surface area contributed by atoms with Gasteiger partial charge in [0, 0.05) is 33.9 Å². The van der Waals surface area contributed by atoms with Gasteiger partial charge in [0.25, 0.3) is 0 Å². The molecule has 1 unspecified atom stereocenters. The second-order valence-corrected chi connectivity index (χ2v) is 5.13. The van der Waals surface area contributed by atoms with Crippen molar-refractivity contribution in [2.45, 2.75) is 19.4 Å². The molecule has 0 bridgehead atoms. The smallest absolute Gasteiger partial charge is 0.119 e. The number of aliphatic hydroxyl groups excluding tert-OH is 1. The van der Waals surface area contributed by atoms with Crippen molar-refractivity contribution in [1.29, 1.82) is 0 Å². The van der Waals surface area contributed by atoms with E-state index in [9.17, 15) is 5.11 Å². The molecule has 5 heteroatoms. The standard InChI is InChI=1S/C17H29NO4/c1-4-22-16-7-5-15(6-8-16)17(19)9-10-18(11-13-20-2)12-14-21-3/h5-8,17,19H,4,9-14H2,1-3H3. The summed E-state index contributed by atoms with van der Waals surface area (Å²) in [6.07, 6.45) is 0.213. The minimum absolute atomic E-state index is 0.469. The maximum atomic E-state index is 10.3. The molecule has 1 aromatic rings. The van der Waals surface area contributed by atoms with Crippen molar-refractivity contribution in [3.05, 3.63) is 29.8 Å². The van der Waals surface area contributed by atoms with Gasteiger partial charge in [-0.3, -0.25) is 4.90 Å². The van der Waals surface area contributed by atoms with E-state index in [4.69, 9.17) is 14.2 Å². The lowest BCUT2D eigenvalue weighted by Gasteiger charge is -2.23. The Bertz CT molecular complexity index is 375. The Morgan fingerprint density at radius 2 is 1.59 bits per heavy atom. The lowest BCUT2D eigenvalue weighted by atomic mass is 10.1. The van der Waals surface area contributed by atoms with E-state index in [-0.39, 0.29) is 0 Å². The summed E-state index contributed by atoms with van der Waals surface area (Å²) in [6.45, 7) is 6.46. The van der Waals surface area contributed by atoms with E-state index in [2.05, 4.69) is 4.90 Å². The van der Waals surface area contributed by atoms with Crippen molar-refractivity contribution >= 4 is 0 Å².